The molecule has 1 aromatic heterocycles. The third-order valence-electron chi connectivity index (χ3n) is 3.27. The van der Waals surface area contributed by atoms with E-state index in [1.165, 1.54) is 12.8 Å². The average Bonchev–Trinajstić information content (AvgIpc) is 2.76. The quantitative estimate of drug-likeness (QED) is 0.837. The van der Waals surface area contributed by atoms with Gasteiger partial charge in [-0.15, -0.1) is 0 Å². The van der Waals surface area contributed by atoms with Gasteiger partial charge in [0.25, 0.3) is 5.91 Å². The van der Waals surface area contributed by atoms with Crippen molar-refractivity contribution < 1.29 is 4.79 Å². The molecule has 2 rings (SSSR count). The smallest absolute Gasteiger partial charge is 0.289 e. The predicted molar refractivity (Wildman–Crippen MR) is 65.8 cm³/mol. The van der Waals surface area contributed by atoms with Crippen LogP contribution in [0.5, 0.6) is 0 Å². The molecule has 5 heteroatoms. The van der Waals surface area contributed by atoms with Gasteiger partial charge in [0, 0.05) is 39.1 Å². The lowest BCUT2D eigenvalue weighted by atomic mass is 10.0. The number of hydrogen-bond donors (Lipinski definition) is 1. The van der Waals surface area contributed by atoms with Gasteiger partial charge in [-0.3, -0.25) is 4.79 Å². The molecular formula is C12H20N4O. The summed E-state index contributed by atoms with van der Waals surface area (Å²) in [5.41, 5.74) is 0. The second kappa shape index (κ2) is 5.31. The maximum absolute atomic E-state index is 12.1. The van der Waals surface area contributed by atoms with Crippen LogP contribution >= 0.6 is 0 Å². The van der Waals surface area contributed by atoms with E-state index in [0.29, 0.717) is 11.9 Å². The zero-order chi connectivity index (χ0) is 12.3. The van der Waals surface area contributed by atoms with Gasteiger partial charge in [0.15, 0.2) is 5.82 Å². The number of aromatic nitrogens is 2. The second-order valence-corrected chi connectivity index (χ2v) is 4.69. The highest BCUT2D eigenvalue weighted by atomic mass is 16.2. The summed E-state index contributed by atoms with van der Waals surface area (Å²) >= 11 is 0. The maximum Gasteiger partial charge on any atom is 0.289 e. The molecule has 1 N–H and O–H groups in total. The Kier molecular flexibility index (Phi) is 3.78. The number of rotatable bonds is 3. The summed E-state index contributed by atoms with van der Waals surface area (Å²) in [4.78, 5) is 18.0. The summed E-state index contributed by atoms with van der Waals surface area (Å²) in [7, 11) is 3.68. The van der Waals surface area contributed by atoms with Crippen LogP contribution in [0.3, 0.4) is 0 Å². The Morgan fingerprint density at radius 1 is 1.65 bits per heavy atom. The second-order valence-electron chi connectivity index (χ2n) is 4.69. The number of piperidine rings is 1. The molecule has 1 atom stereocenters. The molecule has 1 aliphatic rings. The molecule has 0 saturated carbocycles. The van der Waals surface area contributed by atoms with Gasteiger partial charge >= 0.3 is 0 Å². The summed E-state index contributed by atoms with van der Waals surface area (Å²) < 4.78 is 1.76. The van der Waals surface area contributed by atoms with Crippen molar-refractivity contribution in [2.24, 2.45) is 7.05 Å². The first-order chi connectivity index (χ1) is 8.18. The Bertz CT molecular complexity index is 382. The Labute approximate surface area is 102 Å². The number of nitrogens with zero attached hydrogens (tertiary/aromatic N) is 3. The number of carbonyl (C=O) groups is 1. The van der Waals surface area contributed by atoms with Crippen molar-refractivity contribution in [2.45, 2.75) is 25.3 Å². The van der Waals surface area contributed by atoms with Gasteiger partial charge in [-0.2, -0.15) is 0 Å². The maximum atomic E-state index is 12.1. The summed E-state index contributed by atoms with van der Waals surface area (Å²) in [5, 5.41) is 3.44. The van der Waals surface area contributed by atoms with Crippen molar-refractivity contribution in [1.29, 1.82) is 0 Å². The first kappa shape index (κ1) is 12.1. The number of imidazole rings is 1. The minimum atomic E-state index is -0.00938. The van der Waals surface area contributed by atoms with E-state index in [2.05, 4.69) is 10.3 Å². The highest BCUT2D eigenvalue weighted by molar-refractivity contribution is 5.90. The molecule has 2 heterocycles. The van der Waals surface area contributed by atoms with E-state index in [9.17, 15) is 4.79 Å². The van der Waals surface area contributed by atoms with E-state index >= 15 is 0 Å². The number of nitrogens with one attached hydrogen (secondary N) is 1. The third-order valence-corrected chi connectivity index (χ3v) is 3.27. The summed E-state index contributed by atoms with van der Waals surface area (Å²) in [6, 6.07) is 0.429. The molecule has 17 heavy (non-hydrogen) atoms. The zero-order valence-corrected chi connectivity index (χ0v) is 10.5. The number of amides is 1. The summed E-state index contributed by atoms with van der Waals surface area (Å²) in [5.74, 6) is 0.494. The third kappa shape index (κ3) is 2.85. The van der Waals surface area contributed by atoms with Crippen molar-refractivity contribution in [3.8, 4) is 0 Å². The Morgan fingerprint density at radius 2 is 2.47 bits per heavy atom. The average molecular weight is 236 g/mol. The van der Waals surface area contributed by atoms with Crippen LogP contribution in [0.1, 0.15) is 29.9 Å². The van der Waals surface area contributed by atoms with Gasteiger partial charge in [-0.25, -0.2) is 4.98 Å². The van der Waals surface area contributed by atoms with E-state index in [0.717, 1.165) is 19.5 Å². The van der Waals surface area contributed by atoms with Crippen molar-refractivity contribution in [1.82, 2.24) is 19.8 Å². The summed E-state index contributed by atoms with van der Waals surface area (Å²) in [6.45, 7) is 1.82. The first-order valence-electron chi connectivity index (χ1n) is 6.14. The minimum absolute atomic E-state index is 0.00938. The molecule has 1 saturated heterocycles. The molecule has 0 radical (unpaired) electrons. The molecule has 1 amide bonds. The van der Waals surface area contributed by atoms with E-state index < -0.39 is 0 Å². The normalized spacial score (nSPS) is 20.2. The van der Waals surface area contributed by atoms with Gasteiger partial charge in [0.05, 0.1) is 0 Å². The zero-order valence-electron chi connectivity index (χ0n) is 10.5. The predicted octanol–water partition coefficient (Wildman–Crippen LogP) is 0.634. The standard InChI is InChI=1S/C12H20N4O/c1-15-8-7-14-11(15)12(17)16(2)9-10-5-3-4-6-13-10/h7-8,10,13H,3-6,9H2,1-2H3. The van der Waals surface area contributed by atoms with Crippen LogP contribution in [0.15, 0.2) is 12.4 Å². The lowest BCUT2D eigenvalue weighted by Gasteiger charge is -2.28. The molecule has 1 aromatic rings. The number of likely N-dealkylation sites (N-methyl/N-ethyl adjacent to an activating group) is 1. The topological polar surface area (TPSA) is 50.2 Å². The van der Waals surface area contributed by atoms with Gasteiger partial charge in [0.1, 0.15) is 0 Å². The molecule has 1 aliphatic heterocycles. The summed E-state index contributed by atoms with van der Waals surface area (Å²) in [6.07, 6.45) is 7.09. The molecule has 94 valence electrons. The van der Waals surface area contributed by atoms with Crippen LogP contribution in [-0.4, -0.2) is 46.5 Å². The van der Waals surface area contributed by atoms with E-state index in [1.54, 1.807) is 21.9 Å². The minimum Gasteiger partial charge on any atom is -0.337 e. The molecule has 1 unspecified atom stereocenters. The van der Waals surface area contributed by atoms with Gasteiger partial charge in [-0.1, -0.05) is 6.42 Å². The van der Waals surface area contributed by atoms with Crippen molar-refractivity contribution >= 4 is 5.91 Å². The van der Waals surface area contributed by atoms with Crippen LogP contribution in [0.25, 0.3) is 0 Å². The van der Waals surface area contributed by atoms with Crippen LogP contribution in [-0.2, 0) is 7.05 Å². The number of aryl methyl sites for hydroxylation is 1. The molecule has 5 nitrogen and oxygen atoms in total. The molecule has 0 bridgehead atoms. The van der Waals surface area contributed by atoms with Crippen LogP contribution in [0.2, 0.25) is 0 Å². The monoisotopic (exact) mass is 236 g/mol. The van der Waals surface area contributed by atoms with Crippen molar-refractivity contribution in [2.75, 3.05) is 20.1 Å². The molecule has 0 spiro atoms. The number of carbonyl (C=O) groups excluding carboxylic acids is 1. The largest absolute Gasteiger partial charge is 0.337 e. The lowest BCUT2D eigenvalue weighted by Crippen LogP contribution is -2.44. The number of hydrogen-bond acceptors (Lipinski definition) is 3. The first-order valence-corrected chi connectivity index (χ1v) is 6.14. The highest BCUT2D eigenvalue weighted by Crippen LogP contribution is 2.09. The SMILES string of the molecule is CN(CC1CCCCN1)C(=O)c1nccn1C. The van der Waals surface area contributed by atoms with Gasteiger partial charge in [-0.05, 0) is 19.4 Å². The van der Waals surface area contributed by atoms with Crippen molar-refractivity contribution in [3.05, 3.63) is 18.2 Å². The van der Waals surface area contributed by atoms with Crippen molar-refractivity contribution in [3.63, 3.8) is 0 Å². The fourth-order valence-electron chi connectivity index (χ4n) is 2.24. The fourth-order valence-corrected chi connectivity index (χ4v) is 2.24. The molecule has 0 aromatic carbocycles. The van der Waals surface area contributed by atoms with Crippen LogP contribution in [0, 0.1) is 0 Å². The van der Waals surface area contributed by atoms with E-state index in [1.807, 2.05) is 14.1 Å². The van der Waals surface area contributed by atoms with E-state index in [4.69, 9.17) is 0 Å². The van der Waals surface area contributed by atoms with Gasteiger partial charge < -0.3 is 14.8 Å². The van der Waals surface area contributed by atoms with Gasteiger partial charge in [0.2, 0.25) is 0 Å². The molecule has 0 aliphatic carbocycles. The Hall–Kier alpha value is -1.36. The molecule has 1 fully saturated rings. The molecular weight excluding hydrogens is 216 g/mol. The Balaban J connectivity index is 1.93. The van der Waals surface area contributed by atoms with Crippen LogP contribution < -0.4 is 5.32 Å². The van der Waals surface area contributed by atoms with E-state index in [-0.39, 0.29) is 5.91 Å². The lowest BCUT2D eigenvalue weighted by molar-refractivity contribution is 0.0760. The highest BCUT2D eigenvalue weighted by Gasteiger charge is 2.20. The Morgan fingerprint density at radius 3 is 3.06 bits per heavy atom. The van der Waals surface area contributed by atoms with Crippen LogP contribution in [0.4, 0.5) is 0 Å². The fraction of sp³-hybridized carbons (Fsp3) is 0.667.